The second-order valence-electron chi connectivity index (χ2n) is 7.60. The molecule has 7 nitrogen and oxygen atoms in total. The van der Waals surface area contributed by atoms with E-state index < -0.39 is 5.56 Å². The molecule has 4 rings (SSSR count). The largest absolute Gasteiger partial charge is 0.507 e. The highest BCUT2D eigenvalue weighted by molar-refractivity contribution is 5.96. The molecule has 0 aliphatic carbocycles. The molecule has 0 spiro atoms. The number of H-pyrrole nitrogens is 1. The zero-order valence-electron chi connectivity index (χ0n) is 15.2. The Labute approximate surface area is 156 Å². The summed E-state index contributed by atoms with van der Waals surface area (Å²) in [4.78, 5) is 28.3. The van der Waals surface area contributed by atoms with E-state index in [0.29, 0.717) is 13.1 Å². The fourth-order valence-corrected chi connectivity index (χ4v) is 3.98. The minimum absolute atomic E-state index is 0.0839. The van der Waals surface area contributed by atoms with Crippen LogP contribution in [0, 0.1) is 5.41 Å². The smallest absolute Gasteiger partial charge is 0.259 e. The van der Waals surface area contributed by atoms with Gasteiger partial charge >= 0.3 is 0 Å². The molecule has 0 radical (unpaired) electrons. The number of ether oxygens (including phenoxy) is 2. The van der Waals surface area contributed by atoms with Crippen molar-refractivity contribution in [3.63, 3.8) is 0 Å². The number of benzene rings is 1. The van der Waals surface area contributed by atoms with Gasteiger partial charge in [-0.1, -0.05) is 13.0 Å². The fraction of sp³-hybridized carbons (Fsp3) is 0.400. The quantitative estimate of drug-likeness (QED) is 0.865. The minimum Gasteiger partial charge on any atom is -0.507 e. The minimum atomic E-state index is -0.435. The van der Waals surface area contributed by atoms with Gasteiger partial charge in [0, 0.05) is 25.4 Å². The molecule has 2 aromatic rings. The van der Waals surface area contributed by atoms with Crippen LogP contribution in [0.3, 0.4) is 0 Å². The molecular weight excluding hydrogens is 348 g/mol. The van der Waals surface area contributed by atoms with Crippen LogP contribution in [0.1, 0.15) is 35.7 Å². The van der Waals surface area contributed by atoms with Crippen molar-refractivity contribution in [3.8, 4) is 17.2 Å². The van der Waals surface area contributed by atoms with E-state index in [1.807, 2.05) is 18.2 Å². The number of aromatic amines is 1. The number of hydrogen-bond acceptors (Lipinski definition) is 5. The molecule has 142 valence electrons. The Bertz CT molecular complexity index is 938. The molecule has 1 aromatic carbocycles. The second kappa shape index (κ2) is 6.64. The molecule has 0 unspecified atom stereocenters. The molecule has 2 N–H and O–H groups in total. The molecule has 7 heteroatoms. The van der Waals surface area contributed by atoms with Crippen LogP contribution in [0.25, 0.3) is 0 Å². The third kappa shape index (κ3) is 3.49. The molecule has 1 atom stereocenters. The predicted octanol–water partition coefficient (Wildman–Crippen LogP) is 2.29. The van der Waals surface area contributed by atoms with E-state index in [9.17, 15) is 14.7 Å². The molecule has 1 aromatic heterocycles. The standard InChI is InChI=1S/C20H22N2O5/c1-20(9-13-3-4-16-17(7-13)27-12-26-16)5-2-6-22(11-20)19(25)14-10-21-18(24)8-15(14)23/h3-4,7-8,10H,2,5-6,9,11-12H2,1H3,(H2,21,23,24)/t20-/m0/s1. The van der Waals surface area contributed by atoms with Crippen molar-refractivity contribution in [1.82, 2.24) is 9.88 Å². The summed E-state index contributed by atoms with van der Waals surface area (Å²) in [5.41, 5.74) is 0.750. The molecule has 2 aliphatic heterocycles. The van der Waals surface area contributed by atoms with E-state index in [0.717, 1.165) is 42.4 Å². The van der Waals surface area contributed by atoms with Gasteiger partial charge in [0.15, 0.2) is 11.5 Å². The van der Waals surface area contributed by atoms with Gasteiger partial charge < -0.3 is 24.5 Å². The van der Waals surface area contributed by atoms with E-state index in [-0.39, 0.29) is 29.4 Å². The molecular formula is C20H22N2O5. The number of piperidine rings is 1. The zero-order chi connectivity index (χ0) is 19.0. The first-order valence-corrected chi connectivity index (χ1v) is 9.03. The van der Waals surface area contributed by atoms with E-state index in [2.05, 4.69) is 11.9 Å². The Hall–Kier alpha value is -2.96. The maximum absolute atomic E-state index is 12.8. The van der Waals surface area contributed by atoms with Crippen LogP contribution in [0.4, 0.5) is 0 Å². The molecule has 1 fully saturated rings. The first kappa shape index (κ1) is 17.5. The Morgan fingerprint density at radius 3 is 2.93 bits per heavy atom. The number of nitrogens with one attached hydrogen (secondary N) is 1. The number of nitrogens with zero attached hydrogens (tertiary/aromatic N) is 1. The average Bonchev–Trinajstić information content (AvgIpc) is 3.08. The summed E-state index contributed by atoms with van der Waals surface area (Å²) in [5.74, 6) is 0.975. The van der Waals surface area contributed by atoms with Crippen LogP contribution in [0.15, 0.2) is 35.3 Å². The predicted molar refractivity (Wildman–Crippen MR) is 98.2 cm³/mol. The number of likely N-dealkylation sites (tertiary alicyclic amines) is 1. The number of amides is 1. The summed E-state index contributed by atoms with van der Waals surface area (Å²) in [6.07, 6.45) is 3.98. The number of fused-ring (bicyclic) bond motifs is 1. The number of hydrogen-bond donors (Lipinski definition) is 2. The van der Waals surface area contributed by atoms with Crippen molar-refractivity contribution in [2.45, 2.75) is 26.2 Å². The molecule has 1 saturated heterocycles. The number of carbonyl (C=O) groups excluding carboxylic acids is 1. The summed E-state index contributed by atoms with van der Waals surface area (Å²) in [5, 5.41) is 9.95. The number of aromatic hydroxyl groups is 1. The van der Waals surface area contributed by atoms with E-state index in [4.69, 9.17) is 9.47 Å². The SMILES string of the molecule is C[C@@]1(Cc2ccc3c(c2)OCO3)CCCN(C(=O)c2c[nH]c(=O)cc2O)C1. The van der Waals surface area contributed by atoms with Crippen molar-refractivity contribution < 1.29 is 19.4 Å². The van der Waals surface area contributed by atoms with Gasteiger partial charge in [0.1, 0.15) is 5.75 Å². The molecule has 0 saturated carbocycles. The normalized spacial score (nSPS) is 21.3. The zero-order valence-corrected chi connectivity index (χ0v) is 15.2. The number of carbonyl (C=O) groups is 1. The molecule has 3 heterocycles. The van der Waals surface area contributed by atoms with Crippen LogP contribution in [-0.4, -0.2) is 40.8 Å². The first-order valence-electron chi connectivity index (χ1n) is 9.03. The van der Waals surface area contributed by atoms with Gasteiger partial charge in [-0.25, -0.2) is 0 Å². The Morgan fingerprint density at radius 1 is 1.30 bits per heavy atom. The van der Waals surface area contributed by atoms with Gasteiger partial charge in [0.25, 0.3) is 11.5 Å². The van der Waals surface area contributed by atoms with Crippen LogP contribution in [0.2, 0.25) is 0 Å². The van der Waals surface area contributed by atoms with Crippen molar-refractivity contribution in [2.24, 2.45) is 5.41 Å². The third-order valence-corrected chi connectivity index (χ3v) is 5.27. The third-order valence-electron chi connectivity index (χ3n) is 5.27. The van der Waals surface area contributed by atoms with Crippen molar-refractivity contribution >= 4 is 5.91 Å². The Balaban J connectivity index is 1.51. The van der Waals surface area contributed by atoms with Gasteiger partial charge in [-0.2, -0.15) is 0 Å². The average molecular weight is 370 g/mol. The van der Waals surface area contributed by atoms with Crippen LogP contribution < -0.4 is 15.0 Å². The van der Waals surface area contributed by atoms with Gasteiger partial charge in [0.2, 0.25) is 6.79 Å². The lowest BCUT2D eigenvalue weighted by molar-refractivity contribution is 0.0547. The number of aromatic nitrogens is 1. The van der Waals surface area contributed by atoms with Gasteiger partial charge in [-0.3, -0.25) is 9.59 Å². The number of pyridine rings is 1. The van der Waals surface area contributed by atoms with E-state index in [1.165, 1.54) is 6.20 Å². The van der Waals surface area contributed by atoms with Crippen LogP contribution in [0.5, 0.6) is 17.2 Å². The van der Waals surface area contributed by atoms with Crippen molar-refractivity contribution in [2.75, 3.05) is 19.9 Å². The second-order valence-corrected chi connectivity index (χ2v) is 7.60. The van der Waals surface area contributed by atoms with Gasteiger partial charge in [0.05, 0.1) is 5.56 Å². The van der Waals surface area contributed by atoms with Gasteiger partial charge in [-0.05, 0) is 42.4 Å². The van der Waals surface area contributed by atoms with E-state index >= 15 is 0 Å². The molecule has 27 heavy (non-hydrogen) atoms. The monoisotopic (exact) mass is 370 g/mol. The highest BCUT2D eigenvalue weighted by atomic mass is 16.7. The fourth-order valence-electron chi connectivity index (χ4n) is 3.98. The lowest BCUT2D eigenvalue weighted by Crippen LogP contribution is -2.45. The van der Waals surface area contributed by atoms with Gasteiger partial charge in [-0.15, -0.1) is 0 Å². The van der Waals surface area contributed by atoms with Crippen LogP contribution in [-0.2, 0) is 6.42 Å². The first-order chi connectivity index (χ1) is 12.9. The maximum atomic E-state index is 12.8. The summed E-state index contributed by atoms with van der Waals surface area (Å²) >= 11 is 0. The highest BCUT2D eigenvalue weighted by Gasteiger charge is 2.34. The van der Waals surface area contributed by atoms with Crippen LogP contribution >= 0.6 is 0 Å². The van der Waals surface area contributed by atoms with Crippen molar-refractivity contribution in [1.29, 1.82) is 0 Å². The molecule has 0 bridgehead atoms. The number of rotatable bonds is 3. The Morgan fingerprint density at radius 2 is 2.11 bits per heavy atom. The van der Waals surface area contributed by atoms with Crippen molar-refractivity contribution in [3.05, 3.63) is 51.9 Å². The summed E-state index contributed by atoms with van der Waals surface area (Å²) in [6.45, 7) is 3.64. The summed E-state index contributed by atoms with van der Waals surface area (Å²) in [6, 6.07) is 6.99. The highest BCUT2D eigenvalue weighted by Crippen LogP contribution is 2.38. The lowest BCUT2D eigenvalue weighted by atomic mass is 9.76. The summed E-state index contributed by atoms with van der Waals surface area (Å²) < 4.78 is 10.8. The molecule has 2 aliphatic rings. The molecule has 1 amide bonds. The topological polar surface area (TPSA) is 91.9 Å². The lowest BCUT2D eigenvalue weighted by Gasteiger charge is -2.40. The van der Waals surface area contributed by atoms with E-state index in [1.54, 1.807) is 4.90 Å². The summed E-state index contributed by atoms with van der Waals surface area (Å²) in [7, 11) is 0. The Kier molecular flexibility index (Phi) is 4.30. The maximum Gasteiger partial charge on any atom is 0.259 e.